The van der Waals surface area contributed by atoms with Crippen LogP contribution in [-0.4, -0.2) is 49.6 Å². The summed E-state index contributed by atoms with van der Waals surface area (Å²) in [5.41, 5.74) is 0. The van der Waals surface area contributed by atoms with Crippen LogP contribution in [0, 0.1) is 0 Å². The van der Waals surface area contributed by atoms with E-state index in [0.717, 1.165) is 18.7 Å². The Bertz CT molecular complexity index is 512. The summed E-state index contributed by atoms with van der Waals surface area (Å²) in [6, 6.07) is 2.80. The van der Waals surface area contributed by atoms with Gasteiger partial charge in [-0.2, -0.15) is 0 Å². The fraction of sp³-hybridized carbons (Fsp3) is 0.950. The number of guanidine groups is 1. The van der Waals surface area contributed by atoms with Crippen molar-refractivity contribution in [1.29, 1.82) is 0 Å². The molecule has 1 saturated heterocycles. The third-order valence-corrected chi connectivity index (χ3v) is 11.5. The lowest BCUT2D eigenvalue weighted by molar-refractivity contribution is -0.593. The highest BCUT2D eigenvalue weighted by Gasteiger charge is 2.44. The topological polar surface area (TPSA) is 36.3 Å². The van der Waals surface area contributed by atoms with E-state index < -0.39 is 8.32 Å². The first kappa shape index (κ1) is 19.2. The first-order valence-corrected chi connectivity index (χ1v) is 13.4. The highest BCUT2D eigenvalue weighted by atomic mass is 28.4. The molecule has 144 valence electrons. The van der Waals surface area contributed by atoms with Crippen molar-refractivity contribution in [1.82, 2.24) is 10.6 Å². The van der Waals surface area contributed by atoms with Gasteiger partial charge in [-0.25, -0.2) is 0 Å². The van der Waals surface area contributed by atoms with Crippen molar-refractivity contribution in [3.05, 3.63) is 0 Å². The van der Waals surface area contributed by atoms with Gasteiger partial charge in [-0.3, -0.25) is 15.2 Å². The summed E-state index contributed by atoms with van der Waals surface area (Å²) in [5, 5.41) is 7.84. The van der Waals surface area contributed by atoms with E-state index in [1.165, 1.54) is 50.9 Å². The van der Waals surface area contributed by atoms with Gasteiger partial charge in [0.2, 0.25) is 0 Å². The predicted molar refractivity (Wildman–Crippen MR) is 108 cm³/mol. The Balaban J connectivity index is 1.43. The summed E-state index contributed by atoms with van der Waals surface area (Å²) in [4.78, 5) is 0. The minimum Gasteiger partial charge on any atom is -0.417 e. The van der Waals surface area contributed by atoms with Crippen molar-refractivity contribution in [3.8, 4) is 0 Å². The van der Waals surface area contributed by atoms with Crippen molar-refractivity contribution in [3.63, 3.8) is 0 Å². The molecule has 0 spiro atoms. The van der Waals surface area contributed by atoms with Gasteiger partial charge in [0.15, 0.2) is 8.32 Å². The average Bonchev–Trinajstić information content (AvgIpc) is 2.89. The molecule has 0 amide bonds. The van der Waals surface area contributed by atoms with Crippen LogP contribution in [0.2, 0.25) is 18.1 Å². The standard InChI is InChI=1S/C20H39N3OSi/c1-15-13-17-10-11-18-14-16(22-19(21-15)23(17)18)9-7-8-12-24-25(5,6)20(2,3)4/h15-18H,7-14H2,1-6H3,(H,21,22)/p+1/t15-,16+,17+,18-/m1/s1. The zero-order chi connectivity index (χ0) is 18.2. The highest BCUT2D eigenvalue weighted by molar-refractivity contribution is 6.74. The van der Waals surface area contributed by atoms with E-state index in [1.54, 1.807) is 0 Å². The van der Waals surface area contributed by atoms with E-state index in [-0.39, 0.29) is 0 Å². The molecule has 0 aromatic heterocycles. The molecule has 3 heterocycles. The highest BCUT2D eigenvalue weighted by Crippen LogP contribution is 2.36. The van der Waals surface area contributed by atoms with E-state index in [0.29, 0.717) is 17.1 Å². The molecule has 25 heavy (non-hydrogen) atoms. The van der Waals surface area contributed by atoms with Crippen LogP contribution in [0.25, 0.3) is 0 Å². The molecule has 0 unspecified atom stereocenters. The molecule has 3 aliphatic rings. The molecule has 0 radical (unpaired) electrons. The second-order valence-corrected chi connectivity index (χ2v) is 14.9. The van der Waals surface area contributed by atoms with Crippen LogP contribution in [0.1, 0.15) is 72.6 Å². The van der Waals surface area contributed by atoms with Crippen molar-refractivity contribution in [2.75, 3.05) is 6.61 Å². The Morgan fingerprint density at radius 1 is 1.08 bits per heavy atom. The summed E-state index contributed by atoms with van der Waals surface area (Å²) >= 11 is 0. The number of hydrogen-bond acceptors (Lipinski definition) is 3. The zero-order valence-corrected chi connectivity index (χ0v) is 18.3. The van der Waals surface area contributed by atoms with E-state index in [9.17, 15) is 0 Å². The number of rotatable bonds is 6. The van der Waals surface area contributed by atoms with Gasteiger partial charge in [-0.05, 0) is 57.2 Å². The number of hydrogen-bond donors (Lipinski definition) is 2. The minimum atomic E-state index is -1.57. The minimum absolute atomic E-state index is 0.320. The van der Waals surface area contributed by atoms with Gasteiger partial charge >= 0.3 is 5.96 Å². The average molecular weight is 367 g/mol. The lowest BCUT2D eigenvalue weighted by Gasteiger charge is -2.36. The van der Waals surface area contributed by atoms with Crippen LogP contribution in [0.3, 0.4) is 0 Å². The Labute approximate surface area is 155 Å². The van der Waals surface area contributed by atoms with Crippen molar-refractivity contribution in [2.24, 2.45) is 0 Å². The molecule has 0 aromatic carbocycles. The molecule has 3 aliphatic heterocycles. The number of unbranched alkanes of at least 4 members (excludes halogenated alkanes) is 1. The molecule has 1 fully saturated rings. The quantitative estimate of drug-likeness (QED) is 0.426. The van der Waals surface area contributed by atoms with Crippen LogP contribution < -0.4 is 10.6 Å². The van der Waals surface area contributed by atoms with Crippen molar-refractivity contribution < 1.29 is 9.00 Å². The Morgan fingerprint density at radius 2 is 1.76 bits per heavy atom. The van der Waals surface area contributed by atoms with Gasteiger partial charge in [0.1, 0.15) is 0 Å². The zero-order valence-electron chi connectivity index (χ0n) is 17.3. The maximum absolute atomic E-state index is 6.32. The fourth-order valence-corrected chi connectivity index (χ4v) is 5.58. The third kappa shape index (κ3) is 4.24. The number of nitrogens with one attached hydrogen (secondary N) is 2. The Morgan fingerprint density at radius 3 is 2.44 bits per heavy atom. The molecule has 3 rings (SSSR count). The summed E-state index contributed by atoms with van der Waals surface area (Å²) in [5.74, 6) is 1.33. The summed E-state index contributed by atoms with van der Waals surface area (Å²) in [6.45, 7) is 14.9. The Kier molecular flexibility index (Phi) is 5.55. The second-order valence-electron chi connectivity index (χ2n) is 10.1. The largest absolute Gasteiger partial charge is 0.417 e. The smallest absolute Gasteiger partial charge is 0.346 e. The summed E-state index contributed by atoms with van der Waals surface area (Å²) in [7, 11) is -1.57. The maximum Gasteiger partial charge on any atom is 0.346 e. The first-order chi connectivity index (χ1) is 11.7. The summed E-state index contributed by atoms with van der Waals surface area (Å²) < 4.78 is 8.99. The molecule has 4 atom stereocenters. The third-order valence-electron chi connectivity index (χ3n) is 7.00. The lowest BCUT2D eigenvalue weighted by Crippen LogP contribution is -2.62. The molecule has 0 bridgehead atoms. The number of nitrogens with zero attached hydrogens (tertiary/aromatic N) is 1. The van der Waals surface area contributed by atoms with Gasteiger partial charge in [0.25, 0.3) is 0 Å². The molecule has 0 aliphatic carbocycles. The lowest BCUT2D eigenvalue weighted by atomic mass is 9.99. The maximum atomic E-state index is 6.32. The van der Waals surface area contributed by atoms with Gasteiger partial charge in [-0.15, -0.1) is 0 Å². The van der Waals surface area contributed by atoms with E-state index in [1.807, 2.05) is 0 Å². The van der Waals surface area contributed by atoms with Gasteiger partial charge < -0.3 is 4.43 Å². The van der Waals surface area contributed by atoms with Crippen molar-refractivity contribution in [2.45, 2.75) is 115 Å². The van der Waals surface area contributed by atoms with E-state index >= 15 is 0 Å². The van der Waals surface area contributed by atoms with Crippen molar-refractivity contribution >= 4 is 14.3 Å². The molecule has 5 heteroatoms. The van der Waals surface area contributed by atoms with Crippen LogP contribution in [0.5, 0.6) is 0 Å². The molecule has 4 nitrogen and oxygen atoms in total. The predicted octanol–water partition coefficient (Wildman–Crippen LogP) is 3.82. The molecule has 0 saturated carbocycles. The molecular weight excluding hydrogens is 326 g/mol. The van der Waals surface area contributed by atoms with Crippen LogP contribution in [0.15, 0.2) is 0 Å². The van der Waals surface area contributed by atoms with E-state index in [4.69, 9.17) is 4.43 Å². The summed E-state index contributed by atoms with van der Waals surface area (Å²) in [6.07, 6.45) is 9.13. The van der Waals surface area contributed by atoms with Gasteiger partial charge in [0.05, 0.1) is 24.2 Å². The monoisotopic (exact) mass is 366 g/mol. The van der Waals surface area contributed by atoms with Gasteiger partial charge in [0, 0.05) is 19.4 Å². The van der Waals surface area contributed by atoms with Crippen LogP contribution in [0.4, 0.5) is 0 Å². The molecule has 0 aromatic rings. The van der Waals surface area contributed by atoms with Gasteiger partial charge in [-0.1, -0.05) is 20.8 Å². The van der Waals surface area contributed by atoms with E-state index in [2.05, 4.69) is 56.0 Å². The Hall–Kier alpha value is -0.553. The normalized spacial score (nSPS) is 32.2. The van der Waals surface area contributed by atoms with Crippen LogP contribution >= 0.6 is 0 Å². The molecule has 2 N–H and O–H groups in total. The first-order valence-electron chi connectivity index (χ1n) is 10.5. The SMILES string of the molecule is C[C@@H]1C[C@@H]2CC[C@@H]3C[C@H](CCCCO[Si](C)(C)C(C)(C)C)NC(=[N+]32)N1. The van der Waals surface area contributed by atoms with Crippen LogP contribution in [-0.2, 0) is 4.43 Å². The molecular formula is C20H40N3OSi+. The second kappa shape index (κ2) is 7.22. The fourth-order valence-electron chi connectivity index (χ4n) is 4.49.